The van der Waals surface area contributed by atoms with E-state index < -0.39 is 10.0 Å². The zero-order chi connectivity index (χ0) is 44.7. The highest BCUT2D eigenvalue weighted by molar-refractivity contribution is 8.34. The maximum atomic E-state index is 6.86. The van der Waals surface area contributed by atoms with Crippen LogP contribution in [-0.4, -0.2) is 71.9 Å². The van der Waals surface area contributed by atoms with Gasteiger partial charge in [-0.05, 0) is 95.2 Å². The van der Waals surface area contributed by atoms with Gasteiger partial charge in [0.25, 0.3) is 0 Å². The second-order valence-corrected chi connectivity index (χ2v) is 19.4. The average molecular weight is 825 g/mol. The predicted octanol–water partition coefficient (Wildman–Crippen LogP) is 5.24. The largest absolute Gasteiger partial charge is 0.310 e. The van der Waals surface area contributed by atoms with Crippen molar-refractivity contribution in [3.8, 4) is 22.5 Å². The van der Waals surface area contributed by atoms with E-state index in [1.165, 1.54) is 19.6 Å². The van der Waals surface area contributed by atoms with E-state index in [1.54, 1.807) is 0 Å². The van der Waals surface area contributed by atoms with Gasteiger partial charge in [0.2, 0.25) is 0 Å². The number of benzene rings is 9. The number of hydrogen-bond donors (Lipinski definition) is 0. The molecule has 2 heterocycles. The van der Waals surface area contributed by atoms with E-state index in [1.807, 2.05) is 22.8 Å². The van der Waals surface area contributed by atoms with E-state index in [0.29, 0.717) is 21.8 Å². The van der Waals surface area contributed by atoms with Crippen molar-refractivity contribution in [2.45, 2.75) is 19.6 Å². The lowest BCUT2D eigenvalue weighted by Gasteiger charge is -2.42. The molecule has 0 atom stereocenters. The van der Waals surface area contributed by atoms with Gasteiger partial charge in [0.15, 0.2) is 0 Å². The highest BCUT2D eigenvalue weighted by atomic mass is 32.3. The molecule has 2 aromatic heterocycles. The fourth-order valence-corrected chi connectivity index (χ4v) is 13.7. The lowest BCUT2D eigenvalue weighted by molar-refractivity contribution is 1.15. The maximum absolute atomic E-state index is 6.86. The van der Waals surface area contributed by atoms with Gasteiger partial charge in [-0.3, -0.25) is 0 Å². The minimum Gasteiger partial charge on any atom is -0.310 e. The third-order valence-corrected chi connectivity index (χ3v) is 16.7. The lowest BCUT2D eigenvalue weighted by Crippen LogP contribution is -2.49. The summed E-state index contributed by atoms with van der Waals surface area (Å²) in [5.74, 6) is 0. The Morgan fingerprint density at radius 1 is 0.323 bits per heavy atom. The molecule has 11 rings (SSSR count). The topological polar surface area (TPSA) is 9.86 Å². The summed E-state index contributed by atoms with van der Waals surface area (Å²) in [6.07, 6.45) is 0. The molecule has 11 aromatic rings. The summed E-state index contributed by atoms with van der Waals surface area (Å²) in [5.41, 5.74) is 8.28. The summed E-state index contributed by atoms with van der Waals surface area (Å²) in [5, 5.41) is 3.17. The number of hydrogen-bond acceptors (Lipinski definition) is 0. The molecule has 16 radical (unpaired) electrons. The predicted molar refractivity (Wildman–Crippen MR) is 284 cm³/mol. The first-order valence-corrected chi connectivity index (χ1v) is 22.8. The Hall–Kier alpha value is -6.55. The summed E-state index contributed by atoms with van der Waals surface area (Å²) in [6.45, 7) is 0. The Labute approximate surface area is 391 Å². The molecule has 0 amide bonds. The molecule has 0 saturated heterocycles. The van der Waals surface area contributed by atoms with E-state index in [9.17, 15) is 0 Å². The highest BCUT2D eigenvalue weighted by Crippen LogP contribution is 2.73. The normalized spacial score (nSPS) is 12.1. The molecule has 11 heteroatoms. The highest BCUT2D eigenvalue weighted by Gasteiger charge is 2.34. The van der Waals surface area contributed by atoms with Crippen LogP contribution >= 0.6 is 10.0 Å². The van der Waals surface area contributed by atoms with Crippen LogP contribution in [0, 0.1) is 0 Å². The molecule has 0 aliphatic carbocycles. The molecule has 0 unspecified atom stereocenters. The number of para-hydroxylation sites is 2. The van der Waals surface area contributed by atoms with Crippen LogP contribution in [0.15, 0.2) is 202 Å². The van der Waals surface area contributed by atoms with Crippen molar-refractivity contribution in [3.05, 3.63) is 182 Å². The van der Waals surface area contributed by atoms with Gasteiger partial charge in [0.05, 0.1) is 16.7 Å². The first-order valence-electron chi connectivity index (χ1n) is 21.2. The summed E-state index contributed by atoms with van der Waals surface area (Å²) in [4.78, 5) is 5.00. The Bertz CT molecular complexity index is 3530. The SMILES string of the molecule is [B]c1c([B])c([B])c2c(c1[B])c1c([B])c([B])c([B])c([B])c1n2-c1ccccc1-c1ccc2c(c1)c1ccccc1n2-c1cccc(S(c2ccccc2)(c2ccccc2)c2ccccc2)c1. The zero-order valence-electron chi connectivity index (χ0n) is 35.2. The lowest BCUT2D eigenvalue weighted by atomic mass is 9.63. The molecular weight excluding hydrogens is 795 g/mol. The van der Waals surface area contributed by atoms with Crippen molar-refractivity contribution in [1.29, 1.82) is 0 Å². The molecule has 2 nitrogen and oxygen atoms in total. The average Bonchev–Trinajstić information content (AvgIpc) is 3.89. The number of aromatic nitrogens is 2. The fourth-order valence-electron chi connectivity index (χ4n) is 9.79. The first kappa shape index (κ1) is 41.2. The van der Waals surface area contributed by atoms with E-state index in [4.69, 9.17) is 62.8 Å². The number of fused-ring (bicyclic) bond motifs is 6. The van der Waals surface area contributed by atoms with Gasteiger partial charge in [-0.1, -0.05) is 125 Å². The quantitative estimate of drug-likeness (QED) is 0.195. The fraction of sp³-hybridized carbons (Fsp3) is 0. The van der Waals surface area contributed by atoms with Crippen LogP contribution in [0.2, 0.25) is 0 Å². The Morgan fingerprint density at radius 3 is 1.35 bits per heavy atom. The van der Waals surface area contributed by atoms with Crippen LogP contribution in [0.25, 0.3) is 66.1 Å². The third kappa shape index (κ3) is 6.08. The van der Waals surface area contributed by atoms with Crippen LogP contribution in [0.4, 0.5) is 0 Å². The molecule has 0 saturated carbocycles. The molecule has 9 aromatic carbocycles. The van der Waals surface area contributed by atoms with E-state index in [0.717, 1.165) is 44.3 Å². The van der Waals surface area contributed by atoms with Crippen molar-refractivity contribution < 1.29 is 0 Å². The number of nitrogens with zero attached hydrogens (tertiary/aromatic N) is 2. The van der Waals surface area contributed by atoms with Crippen LogP contribution < -0.4 is 43.7 Å². The van der Waals surface area contributed by atoms with Crippen molar-refractivity contribution in [1.82, 2.24) is 9.13 Å². The third-order valence-electron chi connectivity index (χ3n) is 12.8. The molecule has 0 fully saturated rings. The summed E-state index contributed by atoms with van der Waals surface area (Å²) in [7, 11) is 51.2. The second kappa shape index (κ2) is 15.9. The molecular formula is C54H30B8N2S. The Kier molecular flexibility index (Phi) is 10.0. The first-order chi connectivity index (χ1) is 31.6. The van der Waals surface area contributed by atoms with Crippen molar-refractivity contribution in [2.24, 2.45) is 0 Å². The minimum atomic E-state index is -1.93. The van der Waals surface area contributed by atoms with Gasteiger partial charge in [-0.25, -0.2) is 0 Å². The van der Waals surface area contributed by atoms with Crippen LogP contribution in [0.1, 0.15) is 0 Å². The van der Waals surface area contributed by atoms with Gasteiger partial charge >= 0.3 is 0 Å². The minimum absolute atomic E-state index is 0.148. The van der Waals surface area contributed by atoms with Crippen LogP contribution in [-0.2, 0) is 0 Å². The van der Waals surface area contributed by atoms with Gasteiger partial charge in [0.1, 0.15) is 62.8 Å². The zero-order valence-corrected chi connectivity index (χ0v) is 36.1. The van der Waals surface area contributed by atoms with E-state index in [-0.39, 0.29) is 43.7 Å². The molecule has 0 aliphatic rings. The molecule has 0 aliphatic heterocycles. The van der Waals surface area contributed by atoms with Crippen LogP contribution in [0.5, 0.6) is 0 Å². The molecule has 286 valence electrons. The standard InChI is InChI=1S/C54H30B8N2S/c55-45-43-44-46(56)48(58)50(60)52(62)54(44)64(53(43)51(61)49(59)47(45)57)40-25-12-10-23-37(40)31-27-28-42-39(29-31)38-24-11-13-26-41(38)63(42)32-15-14-22-36(30-32)65(33-16-4-1-5-17-33,34-18-6-2-7-19-34)35-20-8-3-9-21-35/h1-30H. The molecule has 0 spiro atoms. The van der Waals surface area contributed by atoms with E-state index in [2.05, 4.69) is 168 Å². The van der Waals surface area contributed by atoms with Gasteiger partial charge in [0, 0.05) is 52.6 Å². The van der Waals surface area contributed by atoms with Crippen molar-refractivity contribution >= 4 is 160 Å². The van der Waals surface area contributed by atoms with Gasteiger partial charge in [-0.15, -0.1) is 31.9 Å². The van der Waals surface area contributed by atoms with Crippen molar-refractivity contribution in [3.63, 3.8) is 0 Å². The molecule has 0 N–H and O–H groups in total. The monoisotopic (exact) mass is 826 g/mol. The summed E-state index contributed by atoms with van der Waals surface area (Å²) < 4.78 is 4.30. The van der Waals surface area contributed by atoms with Crippen LogP contribution in [0.3, 0.4) is 0 Å². The van der Waals surface area contributed by atoms with E-state index >= 15 is 0 Å². The maximum Gasteiger partial charge on any atom is 0.115 e. The Balaban J connectivity index is 1.16. The smallest absolute Gasteiger partial charge is 0.115 e. The Morgan fingerprint density at radius 2 is 0.785 bits per heavy atom. The molecule has 65 heavy (non-hydrogen) atoms. The van der Waals surface area contributed by atoms with Gasteiger partial charge in [-0.2, -0.15) is 0 Å². The summed E-state index contributed by atoms with van der Waals surface area (Å²) in [6, 6.07) is 64.9. The second-order valence-electron chi connectivity index (χ2n) is 16.2. The number of rotatable bonds is 7. The van der Waals surface area contributed by atoms with Gasteiger partial charge < -0.3 is 9.13 Å². The summed E-state index contributed by atoms with van der Waals surface area (Å²) >= 11 is 0. The van der Waals surface area contributed by atoms with Crippen molar-refractivity contribution in [2.75, 3.05) is 0 Å². The molecule has 0 bridgehead atoms.